The van der Waals surface area contributed by atoms with E-state index in [9.17, 15) is 9.59 Å². The number of ether oxygens (including phenoxy) is 3. The quantitative estimate of drug-likeness (QED) is 0.556. The van der Waals surface area contributed by atoms with Gasteiger partial charge in [0.25, 0.3) is 5.91 Å². The Morgan fingerprint density at radius 3 is 2.21 bits per heavy atom. The Hall–Kier alpha value is -2.26. The number of hydrogen-bond acceptors (Lipinski definition) is 7. The van der Waals surface area contributed by atoms with Crippen LogP contribution in [0.15, 0.2) is 17.0 Å². The Balaban J connectivity index is 2.27. The minimum atomic E-state index is -0.385. The Morgan fingerprint density at radius 2 is 1.75 bits per heavy atom. The number of nitrogens with zero attached hydrogens (tertiary/aromatic N) is 1. The molecule has 1 heterocycles. The first kappa shape index (κ1) is 22.0. The van der Waals surface area contributed by atoms with Crippen LogP contribution in [0.2, 0.25) is 0 Å². The molecule has 28 heavy (non-hydrogen) atoms. The van der Waals surface area contributed by atoms with Gasteiger partial charge < -0.3 is 19.5 Å². The molecule has 0 aromatic heterocycles. The van der Waals surface area contributed by atoms with Crippen LogP contribution in [0.25, 0.3) is 6.08 Å². The first-order valence-electron chi connectivity index (χ1n) is 8.46. The highest BCUT2D eigenvalue weighted by molar-refractivity contribution is 8.26. The second-order valence-electron chi connectivity index (χ2n) is 7.02. The summed E-state index contributed by atoms with van der Waals surface area (Å²) in [5.74, 6) is 0.848. The molecular formula is C19H24N2O5S2. The molecule has 152 valence electrons. The van der Waals surface area contributed by atoms with Crippen LogP contribution < -0.4 is 19.5 Å². The maximum atomic E-state index is 12.7. The highest BCUT2D eigenvalue weighted by Gasteiger charge is 2.34. The predicted octanol–water partition coefficient (Wildman–Crippen LogP) is 2.83. The predicted molar refractivity (Wildman–Crippen MR) is 114 cm³/mol. The second kappa shape index (κ2) is 8.83. The molecular weight excluding hydrogens is 400 g/mol. The average molecular weight is 425 g/mol. The normalized spacial score (nSPS) is 15.8. The fourth-order valence-corrected chi connectivity index (χ4v) is 3.83. The van der Waals surface area contributed by atoms with E-state index in [1.807, 2.05) is 20.8 Å². The zero-order valence-electron chi connectivity index (χ0n) is 16.7. The van der Waals surface area contributed by atoms with Gasteiger partial charge in [0.15, 0.2) is 11.5 Å². The Kier molecular flexibility index (Phi) is 6.95. The van der Waals surface area contributed by atoms with Crippen molar-refractivity contribution in [2.75, 3.05) is 27.9 Å². The summed E-state index contributed by atoms with van der Waals surface area (Å²) in [4.78, 5) is 26.6. The molecule has 0 atom stereocenters. The van der Waals surface area contributed by atoms with Gasteiger partial charge in [-0.2, -0.15) is 0 Å². The maximum Gasteiger partial charge on any atom is 0.266 e. The average Bonchev–Trinajstić information content (AvgIpc) is 2.86. The third kappa shape index (κ3) is 5.17. The molecule has 0 bridgehead atoms. The number of carbonyl (C=O) groups excluding carboxylic acids is 2. The summed E-state index contributed by atoms with van der Waals surface area (Å²) in [7, 11) is 4.57. The number of methoxy groups -OCH3 is 3. The molecule has 0 saturated carbocycles. The Bertz CT molecular complexity index is 805. The van der Waals surface area contributed by atoms with Crippen molar-refractivity contribution in [2.24, 2.45) is 0 Å². The van der Waals surface area contributed by atoms with Crippen molar-refractivity contribution in [1.29, 1.82) is 0 Å². The third-order valence-electron chi connectivity index (χ3n) is 3.67. The van der Waals surface area contributed by atoms with E-state index in [0.717, 1.165) is 11.8 Å². The standard InChI is InChI=1S/C19H24N2O5S2/c1-19(2,3)20-15(22)10-21-17(23)14(28-18(21)27)9-11-7-12(24-4)16(26-6)13(8-11)25-5/h7-9H,10H2,1-6H3,(H,20,22)/b14-9-. The van der Waals surface area contributed by atoms with E-state index in [4.69, 9.17) is 26.4 Å². The van der Waals surface area contributed by atoms with Gasteiger partial charge in [-0.05, 0) is 44.5 Å². The van der Waals surface area contributed by atoms with Gasteiger partial charge in [0.05, 0.1) is 26.2 Å². The lowest BCUT2D eigenvalue weighted by Crippen LogP contribution is -2.46. The van der Waals surface area contributed by atoms with Crippen molar-refractivity contribution >= 4 is 46.2 Å². The fourth-order valence-electron chi connectivity index (χ4n) is 2.57. The largest absolute Gasteiger partial charge is 0.493 e. The number of nitrogens with one attached hydrogen (secondary N) is 1. The van der Waals surface area contributed by atoms with E-state index >= 15 is 0 Å². The Labute approximate surface area is 174 Å². The summed E-state index contributed by atoms with van der Waals surface area (Å²) in [5, 5.41) is 2.83. The smallest absolute Gasteiger partial charge is 0.266 e. The highest BCUT2D eigenvalue weighted by Crippen LogP contribution is 2.40. The van der Waals surface area contributed by atoms with E-state index < -0.39 is 0 Å². The molecule has 2 amide bonds. The highest BCUT2D eigenvalue weighted by atomic mass is 32.2. The number of thiocarbonyl (C=S) groups is 1. The van der Waals surface area contributed by atoms with Gasteiger partial charge in [-0.1, -0.05) is 24.0 Å². The lowest BCUT2D eigenvalue weighted by molar-refractivity contribution is -0.129. The van der Waals surface area contributed by atoms with Crippen LogP contribution in [0.1, 0.15) is 26.3 Å². The molecule has 1 aromatic rings. The van der Waals surface area contributed by atoms with Crippen molar-refractivity contribution in [2.45, 2.75) is 26.3 Å². The van der Waals surface area contributed by atoms with E-state index in [0.29, 0.717) is 32.0 Å². The van der Waals surface area contributed by atoms with Crippen LogP contribution in [0.3, 0.4) is 0 Å². The van der Waals surface area contributed by atoms with Crippen molar-refractivity contribution < 1.29 is 23.8 Å². The van der Waals surface area contributed by atoms with Crippen molar-refractivity contribution in [3.8, 4) is 17.2 Å². The van der Waals surface area contributed by atoms with Crippen molar-refractivity contribution in [3.63, 3.8) is 0 Å². The van der Waals surface area contributed by atoms with Crippen LogP contribution in [-0.2, 0) is 9.59 Å². The zero-order chi connectivity index (χ0) is 21.1. The van der Waals surface area contributed by atoms with Gasteiger partial charge >= 0.3 is 0 Å². The summed E-state index contributed by atoms with van der Waals surface area (Å²) in [6, 6.07) is 3.47. The van der Waals surface area contributed by atoms with Crippen LogP contribution in [-0.4, -0.2) is 54.4 Å². The number of hydrogen-bond donors (Lipinski definition) is 1. The van der Waals surface area contributed by atoms with E-state index in [2.05, 4.69) is 5.32 Å². The SMILES string of the molecule is COc1cc(/C=C2\SC(=S)N(CC(=O)NC(C)(C)C)C2=O)cc(OC)c1OC. The molecule has 0 aliphatic carbocycles. The molecule has 0 spiro atoms. The monoisotopic (exact) mass is 424 g/mol. The molecule has 1 N–H and O–H groups in total. The minimum Gasteiger partial charge on any atom is -0.493 e. The molecule has 9 heteroatoms. The van der Waals surface area contributed by atoms with Gasteiger partial charge in [-0.15, -0.1) is 0 Å². The molecule has 2 rings (SSSR count). The van der Waals surface area contributed by atoms with Crippen LogP contribution in [0.5, 0.6) is 17.2 Å². The molecule has 1 fully saturated rings. The maximum absolute atomic E-state index is 12.7. The van der Waals surface area contributed by atoms with Crippen LogP contribution in [0, 0.1) is 0 Å². The molecule has 1 aliphatic rings. The molecule has 0 unspecified atom stereocenters. The molecule has 1 aromatic carbocycles. The van der Waals surface area contributed by atoms with Crippen LogP contribution >= 0.6 is 24.0 Å². The third-order valence-corrected chi connectivity index (χ3v) is 5.05. The van der Waals surface area contributed by atoms with Gasteiger partial charge in [-0.25, -0.2) is 0 Å². The number of amides is 2. The second-order valence-corrected chi connectivity index (χ2v) is 8.70. The van der Waals surface area contributed by atoms with Gasteiger partial charge in [0.2, 0.25) is 11.7 Å². The van der Waals surface area contributed by atoms with Crippen molar-refractivity contribution in [1.82, 2.24) is 10.2 Å². The summed E-state index contributed by atoms with van der Waals surface area (Å²) >= 11 is 6.43. The topological polar surface area (TPSA) is 77.1 Å². The number of benzene rings is 1. The minimum absolute atomic E-state index is 0.117. The van der Waals surface area contributed by atoms with Gasteiger partial charge in [0, 0.05) is 5.54 Å². The number of thioether (sulfide) groups is 1. The lowest BCUT2D eigenvalue weighted by atomic mass is 10.1. The first-order chi connectivity index (χ1) is 13.1. The Morgan fingerprint density at radius 1 is 1.18 bits per heavy atom. The molecule has 1 aliphatic heterocycles. The lowest BCUT2D eigenvalue weighted by Gasteiger charge is -2.22. The van der Waals surface area contributed by atoms with Crippen molar-refractivity contribution in [3.05, 3.63) is 22.6 Å². The molecule has 7 nitrogen and oxygen atoms in total. The summed E-state index contributed by atoms with van der Waals surface area (Å²) in [5.41, 5.74) is 0.304. The fraction of sp³-hybridized carbons (Fsp3) is 0.421. The van der Waals surface area contributed by atoms with E-state index in [1.165, 1.54) is 26.2 Å². The van der Waals surface area contributed by atoms with Gasteiger partial charge in [0.1, 0.15) is 10.9 Å². The van der Waals surface area contributed by atoms with Gasteiger partial charge in [-0.3, -0.25) is 14.5 Å². The summed E-state index contributed by atoms with van der Waals surface area (Å²) in [6.07, 6.45) is 1.69. The molecule has 1 saturated heterocycles. The number of rotatable bonds is 6. The number of carbonyl (C=O) groups is 2. The summed E-state index contributed by atoms with van der Waals surface area (Å²) < 4.78 is 16.3. The zero-order valence-corrected chi connectivity index (χ0v) is 18.4. The van der Waals surface area contributed by atoms with E-state index in [1.54, 1.807) is 18.2 Å². The summed E-state index contributed by atoms with van der Waals surface area (Å²) in [6.45, 7) is 5.51. The van der Waals surface area contributed by atoms with Crippen LogP contribution in [0.4, 0.5) is 0 Å². The van der Waals surface area contributed by atoms with E-state index in [-0.39, 0.29) is 23.9 Å². The first-order valence-corrected chi connectivity index (χ1v) is 9.68. The molecule has 0 radical (unpaired) electrons.